The van der Waals surface area contributed by atoms with E-state index in [1.807, 2.05) is 6.08 Å². The van der Waals surface area contributed by atoms with Gasteiger partial charge in [-0.15, -0.1) is 0 Å². The van der Waals surface area contributed by atoms with Gasteiger partial charge in [-0.05, 0) is 90.5 Å². The van der Waals surface area contributed by atoms with Crippen molar-refractivity contribution in [2.75, 3.05) is 0 Å². The molecule has 0 amide bonds. The van der Waals surface area contributed by atoms with Gasteiger partial charge in [0.15, 0.2) is 0 Å². The molecule has 1 unspecified atom stereocenters. The van der Waals surface area contributed by atoms with Crippen molar-refractivity contribution in [2.45, 2.75) is 83.0 Å². The summed E-state index contributed by atoms with van der Waals surface area (Å²) in [6, 6.07) is 16.6. The second-order valence-corrected chi connectivity index (χ2v) is 9.20. The first-order chi connectivity index (χ1) is 13.8. The molecule has 0 nitrogen and oxygen atoms in total. The van der Waals surface area contributed by atoms with Gasteiger partial charge in [-0.1, -0.05) is 81.3 Å². The smallest absolute Gasteiger partial charge is 0.0118 e. The van der Waals surface area contributed by atoms with Crippen LogP contribution in [0.2, 0.25) is 0 Å². The minimum absolute atomic E-state index is 0.681. The van der Waals surface area contributed by atoms with Crippen LogP contribution in [0.1, 0.15) is 97.9 Å². The molecule has 0 spiro atoms. The zero-order valence-electron chi connectivity index (χ0n) is 17.6. The molecule has 2 aromatic rings. The van der Waals surface area contributed by atoms with Crippen LogP contribution >= 0.6 is 0 Å². The topological polar surface area (TPSA) is 0 Å². The van der Waals surface area contributed by atoms with E-state index in [0.29, 0.717) is 5.92 Å². The lowest BCUT2D eigenvalue weighted by Gasteiger charge is -2.29. The van der Waals surface area contributed by atoms with E-state index in [4.69, 9.17) is 0 Å². The Balaban J connectivity index is 1.37. The molecule has 0 radical (unpaired) electrons. The van der Waals surface area contributed by atoms with Crippen LogP contribution in [-0.4, -0.2) is 0 Å². The predicted molar refractivity (Wildman–Crippen MR) is 122 cm³/mol. The third-order valence-electron chi connectivity index (χ3n) is 7.39. The molecule has 0 aromatic heterocycles. The van der Waals surface area contributed by atoms with Crippen LogP contribution in [-0.2, 0) is 12.8 Å². The molecular weight excluding hydrogens is 336 g/mol. The number of unbranched alkanes of at least 4 members (excludes halogenated alkanes) is 1. The molecule has 0 bridgehead atoms. The molecule has 1 atom stereocenters. The van der Waals surface area contributed by atoms with E-state index >= 15 is 0 Å². The summed E-state index contributed by atoms with van der Waals surface area (Å²) in [5.74, 6) is 2.48. The van der Waals surface area contributed by atoms with Crippen LogP contribution in [0.15, 0.2) is 49.0 Å². The fourth-order valence-electron chi connectivity index (χ4n) is 5.50. The van der Waals surface area contributed by atoms with Gasteiger partial charge in [-0.3, -0.25) is 0 Å². The quantitative estimate of drug-likeness (QED) is 0.481. The number of aryl methyl sites for hydroxylation is 1. The third kappa shape index (κ3) is 4.43. The summed E-state index contributed by atoms with van der Waals surface area (Å²) in [7, 11) is 0. The number of fused-ring (bicyclic) bond motifs is 1. The minimum atomic E-state index is 0.681. The van der Waals surface area contributed by atoms with Gasteiger partial charge in [0.2, 0.25) is 0 Å². The highest BCUT2D eigenvalue weighted by Crippen LogP contribution is 2.39. The third-order valence-corrected chi connectivity index (χ3v) is 7.39. The molecule has 0 heteroatoms. The molecule has 1 fully saturated rings. The van der Waals surface area contributed by atoms with E-state index in [2.05, 4.69) is 56.0 Å². The van der Waals surface area contributed by atoms with Gasteiger partial charge >= 0.3 is 0 Å². The lowest BCUT2D eigenvalue weighted by Crippen LogP contribution is -2.14. The first kappa shape index (κ1) is 19.5. The maximum atomic E-state index is 3.91. The number of rotatable bonds is 6. The molecule has 0 heterocycles. The van der Waals surface area contributed by atoms with E-state index in [1.54, 1.807) is 11.1 Å². The van der Waals surface area contributed by atoms with E-state index in [0.717, 1.165) is 11.8 Å². The molecule has 2 aliphatic rings. The summed E-state index contributed by atoms with van der Waals surface area (Å²) in [6.45, 7) is 6.22. The second-order valence-electron chi connectivity index (χ2n) is 9.20. The number of hydrogen-bond donors (Lipinski definition) is 0. The first-order valence-electron chi connectivity index (χ1n) is 11.6. The molecule has 2 aliphatic carbocycles. The first-order valence-corrected chi connectivity index (χ1v) is 11.6. The molecule has 4 rings (SSSR count). The highest BCUT2D eigenvalue weighted by atomic mass is 14.3. The molecule has 0 N–H and O–H groups in total. The van der Waals surface area contributed by atoms with Crippen LogP contribution < -0.4 is 0 Å². The Morgan fingerprint density at radius 3 is 2.25 bits per heavy atom. The van der Waals surface area contributed by atoms with E-state index in [9.17, 15) is 0 Å². The summed E-state index contributed by atoms with van der Waals surface area (Å²) >= 11 is 0. The van der Waals surface area contributed by atoms with Gasteiger partial charge in [0.25, 0.3) is 0 Å². The molecule has 148 valence electrons. The maximum absolute atomic E-state index is 3.91. The van der Waals surface area contributed by atoms with Crippen LogP contribution in [0.25, 0.3) is 6.08 Å². The van der Waals surface area contributed by atoms with Crippen molar-refractivity contribution in [3.8, 4) is 0 Å². The van der Waals surface area contributed by atoms with E-state index < -0.39 is 0 Å². The lowest BCUT2D eigenvalue weighted by atomic mass is 9.76. The molecule has 0 aliphatic heterocycles. The van der Waals surface area contributed by atoms with Crippen LogP contribution in [0.4, 0.5) is 0 Å². The SMILES string of the molecule is C=Cc1ccc2c(c1)CCC(c1ccc(C3CCC(CCCC)CC3)cc1)C2. The van der Waals surface area contributed by atoms with Gasteiger partial charge in [0, 0.05) is 0 Å². The Labute approximate surface area is 172 Å². The highest BCUT2D eigenvalue weighted by Gasteiger charge is 2.23. The predicted octanol–water partition coefficient (Wildman–Crippen LogP) is 8.07. The Hall–Kier alpha value is -1.82. The summed E-state index contributed by atoms with van der Waals surface area (Å²) in [4.78, 5) is 0. The van der Waals surface area contributed by atoms with E-state index in [-0.39, 0.29) is 0 Å². The molecule has 0 saturated heterocycles. The Kier molecular flexibility index (Phi) is 6.35. The zero-order valence-corrected chi connectivity index (χ0v) is 17.6. The average Bonchev–Trinajstić information content (AvgIpc) is 2.77. The van der Waals surface area contributed by atoms with Crippen molar-refractivity contribution >= 4 is 6.08 Å². The van der Waals surface area contributed by atoms with Gasteiger partial charge in [-0.2, -0.15) is 0 Å². The van der Waals surface area contributed by atoms with Gasteiger partial charge in [0.1, 0.15) is 0 Å². The Morgan fingerprint density at radius 1 is 0.857 bits per heavy atom. The van der Waals surface area contributed by atoms with Crippen molar-refractivity contribution in [1.29, 1.82) is 0 Å². The molecular formula is C28H36. The maximum Gasteiger partial charge on any atom is -0.0118 e. The summed E-state index contributed by atoms with van der Waals surface area (Å²) < 4.78 is 0. The summed E-state index contributed by atoms with van der Waals surface area (Å²) in [6.07, 6.45) is 15.5. The summed E-state index contributed by atoms with van der Waals surface area (Å²) in [5.41, 5.74) is 7.45. The van der Waals surface area contributed by atoms with E-state index in [1.165, 1.54) is 80.9 Å². The highest BCUT2D eigenvalue weighted by molar-refractivity contribution is 5.51. The second kappa shape index (κ2) is 9.12. The minimum Gasteiger partial charge on any atom is -0.0985 e. The molecule has 2 aromatic carbocycles. The Bertz CT molecular complexity index is 774. The van der Waals surface area contributed by atoms with Gasteiger partial charge < -0.3 is 0 Å². The van der Waals surface area contributed by atoms with Crippen LogP contribution in [0.5, 0.6) is 0 Å². The average molecular weight is 373 g/mol. The zero-order chi connectivity index (χ0) is 19.3. The van der Waals surface area contributed by atoms with Crippen molar-refractivity contribution in [1.82, 2.24) is 0 Å². The van der Waals surface area contributed by atoms with Crippen molar-refractivity contribution in [3.05, 3.63) is 76.9 Å². The Morgan fingerprint density at radius 2 is 1.57 bits per heavy atom. The monoisotopic (exact) mass is 372 g/mol. The van der Waals surface area contributed by atoms with Crippen molar-refractivity contribution in [2.24, 2.45) is 5.92 Å². The standard InChI is InChI=1S/C28H36/c1-3-5-6-22-8-10-23(11-9-22)24-13-15-25(16-14-24)27-18-17-26-19-21(4-2)7-12-28(26)20-27/h4,7,12-16,19,22-23,27H,2-3,5-6,8-11,17-18,20H2,1H3. The van der Waals surface area contributed by atoms with Crippen molar-refractivity contribution in [3.63, 3.8) is 0 Å². The normalized spacial score (nSPS) is 24.5. The molecule has 28 heavy (non-hydrogen) atoms. The summed E-state index contributed by atoms with van der Waals surface area (Å²) in [5, 5.41) is 0. The van der Waals surface area contributed by atoms with Crippen LogP contribution in [0.3, 0.4) is 0 Å². The van der Waals surface area contributed by atoms with Gasteiger partial charge in [-0.25, -0.2) is 0 Å². The van der Waals surface area contributed by atoms with Crippen molar-refractivity contribution < 1.29 is 0 Å². The molecule has 1 saturated carbocycles. The number of hydrogen-bond acceptors (Lipinski definition) is 0. The largest absolute Gasteiger partial charge is 0.0985 e. The lowest BCUT2D eigenvalue weighted by molar-refractivity contribution is 0.304. The number of benzene rings is 2. The van der Waals surface area contributed by atoms with Gasteiger partial charge in [0.05, 0.1) is 0 Å². The fourth-order valence-corrected chi connectivity index (χ4v) is 5.50. The van der Waals surface area contributed by atoms with Crippen LogP contribution in [0, 0.1) is 5.92 Å². The fraction of sp³-hybridized carbons (Fsp3) is 0.500.